The van der Waals surface area contributed by atoms with Crippen LogP contribution in [-0.2, 0) is 11.2 Å². The van der Waals surface area contributed by atoms with Gasteiger partial charge in [0.1, 0.15) is 0 Å². The first-order valence-electron chi connectivity index (χ1n) is 8.81. The Labute approximate surface area is 139 Å². The molecule has 0 saturated heterocycles. The molecule has 1 aromatic carbocycles. The number of rotatable bonds is 8. The molecule has 0 aliphatic heterocycles. The summed E-state index contributed by atoms with van der Waals surface area (Å²) >= 11 is 0. The van der Waals surface area contributed by atoms with E-state index in [0.717, 1.165) is 6.42 Å². The molecule has 3 N–H and O–H groups in total. The van der Waals surface area contributed by atoms with E-state index in [9.17, 15) is 9.90 Å². The van der Waals surface area contributed by atoms with Gasteiger partial charge < -0.3 is 15.7 Å². The van der Waals surface area contributed by atoms with E-state index >= 15 is 0 Å². The van der Waals surface area contributed by atoms with Gasteiger partial charge in [-0.05, 0) is 43.2 Å². The van der Waals surface area contributed by atoms with Crippen LogP contribution in [0, 0.1) is 5.92 Å². The monoisotopic (exact) mass is 318 g/mol. The van der Waals surface area contributed by atoms with Crippen LogP contribution in [0.5, 0.6) is 0 Å². The zero-order valence-corrected chi connectivity index (χ0v) is 14.3. The molecule has 1 aliphatic carbocycles. The summed E-state index contributed by atoms with van der Waals surface area (Å²) in [7, 11) is 0. The second kappa shape index (κ2) is 9.04. The molecule has 0 spiro atoms. The highest BCUT2D eigenvalue weighted by molar-refractivity contribution is 5.72. The molecule has 2 atom stereocenters. The van der Waals surface area contributed by atoms with E-state index in [2.05, 4.69) is 41.8 Å². The summed E-state index contributed by atoms with van der Waals surface area (Å²) in [6.07, 6.45) is 5.48. The van der Waals surface area contributed by atoms with Gasteiger partial charge >= 0.3 is 0 Å². The minimum absolute atomic E-state index is 0.0141. The van der Waals surface area contributed by atoms with Crippen LogP contribution in [0.1, 0.15) is 56.7 Å². The Bertz CT molecular complexity index is 481. The van der Waals surface area contributed by atoms with E-state index in [-0.39, 0.29) is 18.1 Å². The van der Waals surface area contributed by atoms with Crippen LogP contribution in [0.4, 0.5) is 0 Å². The van der Waals surface area contributed by atoms with Crippen molar-refractivity contribution in [3.05, 3.63) is 35.4 Å². The fraction of sp³-hybridized carbons (Fsp3) is 0.632. The van der Waals surface area contributed by atoms with Gasteiger partial charge in [-0.3, -0.25) is 4.79 Å². The van der Waals surface area contributed by atoms with Crippen molar-refractivity contribution < 1.29 is 9.90 Å². The van der Waals surface area contributed by atoms with Gasteiger partial charge in [0.25, 0.3) is 0 Å². The van der Waals surface area contributed by atoms with E-state index < -0.39 is 0 Å². The number of aliphatic hydroxyl groups excluding tert-OH is 1. The molecule has 4 nitrogen and oxygen atoms in total. The summed E-state index contributed by atoms with van der Waals surface area (Å²) in [5.74, 6) is 0.492. The molecule has 0 bridgehead atoms. The lowest BCUT2D eigenvalue weighted by atomic mass is 10.00. The molecule has 1 saturated carbocycles. The fourth-order valence-electron chi connectivity index (χ4n) is 3.28. The summed E-state index contributed by atoms with van der Waals surface area (Å²) in [5.41, 5.74) is 2.45. The summed E-state index contributed by atoms with van der Waals surface area (Å²) in [6.45, 7) is 5.01. The Kier molecular flexibility index (Phi) is 7.06. The molecule has 1 amide bonds. The average molecular weight is 318 g/mol. The molecule has 0 heterocycles. The van der Waals surface area contributed by atoms with Crippen LogP contribution in [0.25, 0.3) is 0 Å². The summed E-state index contributed by atoms with van der Waals surface area (Å²) in [5, 5.41) is 16.5. The van der Waals surface area contributed by atoms with Crippen LogP contribution in [0.15, 0.2) is 24.3 Å². The minimum Gasteiger partial charge on any atom is -0.392 e. The first-order valence-corrected chi connectivity index (χ1v) is 8.81. The standard InChI is InChI=1S/C19H30N2O2/c1-14(21-13-19(23)18-5-3-4-6-18)17-9-7-16(8-10-17)11-12-20-15(2)22/h7-10,14,18-19,21,23H,3-6,11-13H2,1-2H3,(H,20,22). The van der Waals surface area contributed by atoms with Crippen LogP contribution < -0.4 is 10.6 Å². The molecule has 1 aliphatic rings. The van der Waals surface area contributed by atoms with Crippen LogP contribution in [0.3, 0.4) is 0 Å². The molecular weight excluding hydrogens is 288 g/mol. The van der Waals surface area contributed by atoms with Crippen LogP contribution >= 0.6 is 0 Å². The smallest absolute Gasteiger partial charge is 0.216 e. The zero-order valence-electron chi connectivity index (χ0n) is 14.3. The Balaban J connectivity index is 1.75. The van der Waals surface area contributed by atoms with Crippen molar-refractivity contribution in [1.82, 2.24) is 10.6 Å². The molecule has 128 valence electrons. The molecule has 4 heteroatoms. The number of benzene rings is 1. The molecule has 23 heavy (non-hydrogen) atoms. The highest BCUT2D eigenvalue weighted by Crippen LogP contribution is 2.27. The maximum Gasteiger partial charge on any atom is 0.216 e. The molecule has 0 aromatic heterocycles. The van der Waals surface area contributed by atoms with Gasteiger partial charge in [0.2, 0.25) is 5.91 Å². The highest BCUT2D eigenvalue weighted by Gasteiger charge is 2.23. The number of carbonyl (C=O) groups excluding carboxylic acids is 1. The number of nitrogens with one attached hydrogen (secondary N) is 2. The number of amides is 1. The quantitative estimate of drug-likeness (QED) is 0.690. The van der Waals surface area contributed by atoms with Crippen LogP contribution in [-0.4, -0.2) is 30.2 Å². The third-order valence-electron chi connectivity index (χ3n) is 4.84. The van der Waals surface area contributed by atoms with Gasteiger partial charge in [0, 0.05) is 26.1 Å². The summed E-state index contributed by atoms with van der Waals surface area (Å²) in [6, 6.07) is 8.71. The van der Waals surface area contributed by atoms with Crippen molar-refractivity contribution in [3.8, 4) is 0 Å². The largest absolute Gasteiger partial charge is 0.392 e. The van der Waals surface area contributed by atoms with Crippen molar-refractivity contribution >= 4 is 5.91 Å². The predicted molar refractivity (Wildman–Crippen MR) is 93.2 cm³/mol. The number of hydrogen-bond donors (Lipinski definition) is 3. The Hall–Kier alpha value is -1.39. The molecule has 0 radical (unpaired) electrons. The molecule has 2 unspecified atom stereocenters. The SMILES string of the molecule is CC(=O)NCCc1ccc(C(C)NCC(O)C2CCCC2)cc1. The van der Waals surface area contributed by atoms with Gasteiger partial charge in [-0.15, -0.1) is 0 Å². The third kappa shape index (κ3) is 5.96. The zero-order chi connectivity index (χ0) is 16.7. The normalized spacial score (nSPS) is 17.9. The number of carbonyl (C=O) groups is 1. The van der Waals surface area contributed by atoms with Crippen molar-refractivity contribution in [2.24, 2.45) is 5.92 Å². The van der Waals surface area contributed by atoms with Crippen molar-refractivity contribution in [2.45, 2.75) is 58.1 Å². The molecule has 2 rings (SSSR count). The topological polar surface area (TPSA) is 61.4 Å². The van der Waals surface area contributed by atoms with E-state index in [0.29, 0.717) is 19.0 Å². The Morgan fingerprint density at radius 2 is 1.91 bits per heavy atom. The van der Waals surface area contributed by atoms with E-state index in [4.69, 9.17) is 0 Å². The first-order chi connectivity index (χ1) is 11.1. The van der Waals surface area contributed by atoms with Gasteiger partial charge in [-0.1, -0.05) is 37.1 Å². The number of aliphatic hydroxyl groups is 1. The fourth-order valence-corrected chi connectivity index (χ4v) is 3.28. The maximum absolute atomic E-state index is 10.9. The molecular formula is C19H30N2O2. The second-order valence-electron chi connectivity index (χ2n) is 6.72. The van der Waals surface area contributed by atoms with Gasteiger partial charge in [-0.2, -0.15) is 0 Å². The van der Waals surface area contributed by atoms with Crippen LogP contribution in [0.2, 0.25) is 0 Å². The first kappa shape index (κ1) is 18.0. The van der Waals surface area contributed by atoms with E-state index in [1.165, 1.54) is 43.7 Å². The highest BCUT2D eigenvalue weighted by atomic mass is 16.3. The molecule has 1 fully saturated rings. The second-order valence-corrected chi connectivity index (χ2v) is 6.72. The Morgan fingerprint density at radius 3 is 2.52 bits per heavy atom. The van der Waals surface area contributed by atoms with Crippen molar-refractivity contribution in [3.63, 3.8) is 0 Å². The lowest BCUT2D eigenvalue weighted by Crippen LogP contribution is -2.33. The van der Waals surface area contributed by atoms with Gasteiger partial charge in [0.05, 0.1) is 6.10 Å². The maximum atomic E-state index is 10.9. The van der Waals surface area contributed by atoms with Crippen molar-refractivity contribution in [1.29, 1.82) is 0 Å². The van der Waals surface area contributed by atoms with Crippen molar-refractivity contribution in [2.75, 3.05) is 13.1 Å². The van der Waals surface area contributed by atoms with E-state index in [1.54, 1.807) is 0 Å². The molecule has 1 aromatic rings. The lowest BCUT2D eigenvalue weighted by Gasteiger charge is -2.21. The third-order valence-corrected chi connectivity index (χ3v) is 4.84. The van der Waals surface area contributed by atoms with Gasteiger partial charge in [-0.25, -0.2) is 0 Å². The van der Waals surface area contributed by atoms with E-state index in [1.807, 2.05) is 0 Å². The van der Waals surface area contributed by atoms with Gasteiger partial charge in [0.15, 0.2) is 0 Å². The minimum atomic E-state index is -0.225. The summed E-state index contributed by atoms with van der Waals surface area (Å²) < 4.78 is 0. The average Bonchev–Trinajstić information content (AvgIpc) is 3.07. The summed E-state index contributed by atoms with van der Waals surface area (Å²) in [4.78, 5) is 10.9. The Morgan fingerprint density at radius 1 is 1.26 bits per heavy atom. The predicted octanol–water partition coefficient (Wildman–Crippen LogP) is 2.57. The lowest BCUT2D eigenvalue weighted by molar-refractivity contribution is -0.118. The number of hydrogen-bond acceptors (Lipinski definition) is 3.